The van der Waals surface area contributed by atoms with Gasteiger partial charge in [0, 0.05) is 31.0 Å². The number of fused-ring (bicyclic) bond motifs is 1. The average Bonchev–Trinajstić information content (AvgIpc) is 2.85. The molecule has 0 saturated heterocycles. The van der Waals surface area contributed by atoms with Gasteiger partial charge in [-0.25, -0.2) is 9.97 Å². The molecule has 6 heteroatoms. The average molecular weight is 288 g/mol. The molecule has 3 rings (SSSR count). The minimum Gasteiger partial charge on any atom is -0.382 e. The molecule has 1 aromatic carbocycles. The second kappa shape index (κ2) is 5.02. The summed E-state index contributed by atoms with van der Waals surface area (Å²) in [7, 11) is 1.96. The van der Waals surface area contributed by atoms with Crippen molar-refractivity contribution in [1.82, 2.24) is 14.4 Å². The van der Waals surface area contributed by atoms with Crippen LogP contribution < -0.4 is 10.6 Å². The normalized spacial score (nSPS) is 10.9. The van der Waals surface area contributed by atoms with Gasteiger partial charge >= 0.3 is 0 Å². The van der Waals surface area contributed by atoms with Gasteiger partial charge in [-0.05, 0) is 17.7 Å². The SMILES string of the molecule is CN(Cc1cccc(Cl)c1)c1nc(N)cn2ccnc12. The van der Waals surface area contributed by atoms with Crippen LogP contribution in [-0.4, -0.2) is 21.4 Å². The van der Waals surface area contributed by atoms with Crippen molar-refractivity contribution >= 4 is 28.9 Å². The molecule has 0 fully saturated rings. The fourth-order valence-electron chi connectivity index (χ4n) is 2.17. The minimum absolute atomic E-state index is 0.462. The quantitative estimate of drug-likeness (QED) is 0.804. The molecular formula is C14H14ClN5. The monoisotopic (exact) mass is 287 g/mol. The third-order valence-electron chi connectivity index (χ3n) is 3.05. The van der Waals surface area contributed by atoms with Crippen LogP contribution in [-0.2, 0) is 6.54 Å². The predicted molar refractivity (Wildman–Crippen MR) is 81.0 cm³/mol. The first kappa shape index (κ1) is 12.7. The molecule has 0 atom stereocenters. The highest BCUT2D eigenvalue weighted by Gasteiger charge is 2.11. The van der Waals surface area contributed by atoms with Gasteiger partial charge in [0.15, 0.2) is 11.5 Å². The van der Waals surface area contributed by atoms with Gasteiger partial charge in [0.05, 0.1) is 6.20 Å². The van der Waals surface area contributed by atoms with Gasteiger partial charge in [-0.3, -0.25) is 0 Å². The van der Waals surface area contributed by atoms with Gasteiger partial charge in [-0.2, -0.15) is 0 Å². The summed E-state index contributed by atoms with van der Waals surface area (Å²) < 4.78 is 1.87. The lowest BCUT2D eigenvalue weighted by Gasteiger charge is -2.19. The zero-order chi connectivity index (χ0) is 14.1. The molecule has 5 nitrogen and oxygen atoms in total. The van der Waals surface area contributed by atoms with Gasteiger partial charge in [0.2, 0.25) is 0 Å². The molecule has 2 N–H and O–H groups in total. The van der Waals surface area contributed by atoms with Crippen LogP contribution in [0.4, 0.5) is 11.6 Å². The van der Waals surface area contributed by atoms with Crippen LogP contribution in [0.2, 0.25) is 5.02 Å². The lowest BCUT2D eigenvalue weighted by molar-refractivity contribution is 0.894. The van der Waals surface area contributed by atoms with Gasteiger partial charge in [-0.1, -0.05) is 23.7 Å². The first-order valence-electron chi connectivity index (χ1n) is 6.18. The Kier molecular flexibility index (Phi) is 3.20. The first-order chi connectivity index (χ1) is 9.63. The van der Waals surface area contributed by atoms with Crippen LogP contribution in [0, 0.1) is 0 Å². The topological polar surface area (TPSA) is 59.5 Å². The second-order valence-electron chi connectivity index (χ2n) is 4.63. The molecular weight excluding hydrogens is 274 g/mol. The molecule has 102 valence electrons. The molecule has 2 aromatic heterocycles. The first-order valence-corrected chi connectivity index (χ1v) is 6.56. The summed E-state index contributed by atoms with van der Waals surface area (Å²) in [6.45, 7) is 0.680. The molecule has 0 aliphatic carbocycles. The zero-order valence-corrected chi connectivity index (χ0v) is 11.7. The second-order valence-corrected chi connectivity index (χ2v) is 5.07. The number of hydrogen-bond donors (Lipinski definition) is 1. The Morgan fingerprint density at radius 1 is 1.40 bits per heavy atom. The van der Waals surface area contributed by atoms with E-state index in [-0.39, 0.29) is 0 Å². The summed E-state index contributed by atoms with van der Waals surface area (Å²) in [5.41, 5.74) is 7.72. The number of nitrogens with zero attached hydrogens (tertiary/aromatic N) is 4. The van der Waals surface area contributed by atoms with Crippen LogP contribution in [0.5, 0.6) is 0 Å². The summed E-state index contributed by atoms with van der Waals surface area (Å²) in [6, 6.07) is 7.75. The highest BCUT2D eigenvalue weighted by molar-refractivity contribution is 6.30. The third kappa shape index (κ3) is 2.40. The van der Waals surface area contributed by atoms with Crippen LogP contribution in [0.1, 0.15) is 5.56 Å². The minimum atomic E-state index is 0.462. The summed E-state index contributed by atoms with van der Waals surface area (Å²) in [6.07, 6.45) is 5.33. The van der Waals surface area contributed by atoms with Crippen molar-refractivity contribution in [2.75, 3.05) is 17.7 Å². The van der Waals surface area contributed by atoms with Crippen LogP contribution >= 0.6 is 11.6 Å². The highest BCUT2D eigenvalue weighted by atomic mass is 35.5. The van der Waals surface area contributed by atoms with Crippen LogP contribution in [0.15, 0.2) is 42.9 Å². The molecule has 3 aromatic rings. The van der Waals surface area contributed by atoms with E-state index in [1.54, 1.807) is 12.4 Å². The predicted octanol–water partition coefficient (Wildman–Crippen LogP) is 2.60. The maximum Gasteiger partial charge on any atom is 0.180 e. The molecule has 0 radical (unpaired) electrons. The zero-order valence-electron chi connectivity index (χ0n) is 11.0. The standard InChI is InChI=1S/C14H14ClN5/c1-19(8-10-3-2-4-11(15)7-10)14-13-17-5-6-20(13)9-12(16)18-14/h2-7,9H,8,16H2,1H3. The van der Waals surface area contributed by atoms with Gasteiger partial charge in [0.25, 0.3) is 0 Å². The van der Waals surface area contributed by atoms with Crippen molar-refractivity contribution in [3.8, 4) is 0 Å². The van der Waals surface area contributed by atoms with Crippen molar-refractivity contribution < 1.29 is 0 Å². The van der Waals surface area contributed by atoms with Gasteiger partial charge in [-0.15, -0.1) is 0 Å². The Labute approximate surface area is 121 Å². The number of halogens is 1. The molecule has 0 aliphatic heterocycles. The van der Waals surface area contributed by atoms with E-state index in [1.165, 1.54) is 0 Å². The summed E-state index contributed by atoms with van der Waals surface area (Å²) in [5.74, 6) is 1.21. The van der Waals surface area contributed by atoms with E-state index in [1.807, 2.05) is 46.8 Å². The third-order valence-corrected chi connectivity index (χ3v) is 3.28. The van der Waals surface area contributed by atoms with E-state index in [0.717, 1.165) is 22.1 Å². The maximum atomic E-state index is 6.01. The van der Waals surface area contributed by atoms with E-state index < -0.39 is 0 Å². The Morgan fingerprint density at radius 3 is 3.05 bits per heavy atom. The summed E-state index contributed by atoms with van der Waals surface area (Å²) >= 11 is 6.01. The molecule has 0 amide bonds. The number of rotatable bonds is 3. The maximum absolute atomic E-state index is 6.01. The number of benzene rings is 1. The molecule has 2 heterocycles. The number of nitrogen functional groups attached to an aromatic ring is 1. The van der Waals surface area contributed by atoms with E-state index in [9.17, 15) is 0 Å². The smallest absolute Gasteiger partial charge is 0.180 e. The van der Waals surface area contributed by atoms with Crippen molar-refractivity contribution in [3.63, 3.8) is 0 Å². The van der Waals surface area contributed by atoms with Gasteiger partial charge < -0.3 is 15.0 Å². The number of imidazole rings is 1. The van der Waals surface area contributed by atoms with Crippen molar-refractivity contribution in [2.45, 2.75) is 6.54 Å². The lowest BCUT2D eigenvalue weighted by atomic mass is 10.2. The molecule has 0 unspecified atom stereocenters. The molecule has 0 spiro atoms. The van der Waals surface area contributed by atoms with E-state index in [4.69, 9.17) is 17.3 Å². The molecule has 0 saturated carbocycles. The number of nitrogens with two attached hydrogens (primary N) is 1. The summed E-state index contributed by atoms with van der Waals surface area (Å²) in [4.78, 5) is 10.7. The Balaban J connectivity index is 1.96. The number of hydrogen-bond acceptors (Lipinski definition) is 4. The number of aromatic nitrogens is 3. The Bertz CT molecular complexity index is 752. The lowest BCUT2D eigenvalue weighted by Crippen LogP contribution is -2.19. The van der Waals surface area contributed by atoms with E-state index >= 15 is 0 Å². The van der Waals surface area contributed by atoms with Crippen LogP contribution in [0.3, 0.4) is 0 Å². The van der Waals surface area contributed by atoms with Crippen molar-refractivity contribution in [1.29, 1.82) is 0 Å². The van der Waals surface area contributed by atoms with Gasteiger partial charge in [0.1, 0.15) is 5.82 Å². The Morgan fingerprint density at radius 2 is 2.25 bits per heavy atom. The molecule has 20 heavy (non-hydrogen) atoms. The molecule has 0 bridgehead atoms. The highest BCUT2D eigenvalue weighted by Crippen LogP contribution is 2.21. The van der Waals surface area contributed by atoms with Crippen molar-refractivity contribution in [3.05, 3.63) is 53.4 Å². The fraction of sp³-hybridized carbons (Fsp3) is 0.143. The number of anilines is 2. The van der Waals surface area contributed by atoms with Crippen molar-refractivity contribution in [2.24, 2.45) is 0 Å². The largest absolute Gasteiger partial charge is 0.382 e. The summed E-state index contributed by atoms with van der Waals surface area (Å²) in [5, 5.41) is 0.724. The molecule has 0 aliphatic rings. The van der Waals surface area contributed by atoms with E-state index in [0.29, 0.717) is 12.4 Å². The Hall–Kier alpha value is -2.27. The van der Waals surface area contributed by atoms with Crippen LogP contribution in [0.25, 0.3) is 5.65 Å². The van der Waals surface area contributed by atoms with E-state index in [2.05, 4.69) is 9.97 Å². The fourth-order valence-corrected chi connectivity index (χ4v) is 2.39.